The van der Waals surface area contributed by atoms with Crippen molar-refractivity contribution in [1.29, 1.82) is 0 Å². The van der Waals surface area contributed by atoms with Crippen LogP contribution in [0.25, 0.3) is 0 Å². The highest BCUT2D eigenvalue weighted by Gasteiger charge is 2.62. The van der Waals surface area contributed by atoms with Gasteiger partial charge >= 0.3 is 17.1 Å². The first-order valence-electron chi connectivity index (χ1n) is 5.62. The summed E-state index contributed by atoms with van der Waals surface area (Å²) < 4.78 is 43.1. The van der Waals surface area contributed by atoms with Crippen LogP contribution in [-0.2, 0) is 9.53 Å². The lowest BCUT2D eigenvalue weighted by Gasteiger charge is -2.28. The number of carbonyl (C=O) groups is 2. The number of amides is 1. The maximum atomic E-state index is 13.0. The standard InChI is InChI=1S/C12H10Cl2F3NO3/c1-2-21-10(20)11(14,12(15,16)17)18-9(19)7-4-3-5-8(13)6-7/h3-6H,2H2,1H3,(H,18,19)/t11-/m1/s1. The highest BCUT2D eigenvalue weighted by atomic mass is 35.5. The summed E-state index contributed by atoms with van der Waals surface area (Å²) >= 11 is 10.9. The quantitative estimate of drug-likeness (QED) is 0.519. The van der Waals surface area contributed by atoms with Crippen molar-refractivity contribution >= 4 is 35.1 Å². The molecule has 0 aliphatic carbocycles. The number of rotatable bonds is 4. The van der Waals surface area contributed by atoms with Gasteiger partial charge in [-0.3, -0.25) is 4.79 Å². The first-order chi connectivity index (χ1) is 9.61. The summed E-state index contributed by atoms with van der Waals surface area (Å²) in [4.78, 5) is 19.6. The van der Waals surface area contributed by atoms with Gasteiger partial charge in [0.15, 0.2) is 0 Å². The molecule has 1 atom stereocenters. The first kappa shape index (κ1) is 17.6. The van der Waals surface area contributed by atoms with Crippen LogP contribution in [0.4, 0.5) is 13.2 Å². The maximum absolute atomic E-state index is 13.0. The molecule has 1 rings (SSSR count). The van der Waals surface area contributed by atoms with Crippen LogP contribution in [0.3, 0.4) is 0 Å². The van der Waals surface area contributed by atoms with E-state index in [-0.39, 0.29) is 17.2 Å². The van der Waals surface area contributed by atoms with Crippen LogP contribution in [0.15, 0.2) is 24.3 Å². The van der Waals surface area contributed by atoms with E-state index in [1.807, 2.05) is 0 Å². The highest BCUT2D eigenvalue weighted by Crippen LogP contribution is 2.35. The van der Waals surface area contributed by atoms with Crippen molar-refractivity contribution in [3.63, 3.8) is 0 Å². The summed E-state index contributed by atoms with van der Waals surface area (Å²) in [5.41, 5.74) is -0.180. The Bertz CT molecular complexity index is 551. The summed E-state index contributed by atoms with van der Waals surface area (Å²) in [6, 6.07) is 5.16. The Hall–Kier alpha value is -1.47. The molecule has 1 aromatic rings. The van der Waals surface area contributed by atoms with Gasteiger partial charge in [0.1, 0.15) is 0 Å². The van der Waals surface area contributed by atoms with E-state index in [1.165, 1.54) is 30.4 Å². The fourth-order valence-corrected chi connectivity index (χ4v) is 1.66. The van der Waals surface area contributed by atoms with Crippen molar-refractivity contribution in [1.82, 2.24) is 5.32 Å². The SMILES string of the molecule is CCOC(=O)[C@@](Cl)(NC(=O)c1cccc(Cl)c1)C(F)(F)F. The molecule has 0 spiro atoms. The number of alkyl halides is 4. The fourth-order valence-electron chi connectivity index (χ4n) is 1.33. The molecule has 1 aromatic carbocycles. The molecule has 21 heavy (non-hydrogen) atoms. The number of halogens is 5. The van der Waals surface area contributed by atoms with Gasteiger partial charge in [0.05, 0.1) is 6.61 Å². The Labute approximate surface area is 128 Å². The zero-order valence-electron chi connectivity index (χ0n) is 10.6. The molecule has 0 radical (unpaired) electrons. The van der Waals surface area contributed by atoms with Crippen LogP contribution in [0.2, 0.25) is 5.02 Å². The Morgan fingerprint density at radius 3 is 2.43 bits per heavy atom. The first-order valence-corrected chi connectivity index (χ1v) is 6.38. The molecule has 0 saturated carbocycles. The Morgan fingerprint density at radius 2 is 1.95 bits per heavy atom. The van der Waals surface area contributed by atoms with E-state index in [9.17, 15) is 22.8 Å². The largest absolute Gasteiger partial charge is 0.463 e. The molecule has 1 amide bonds. The number of hydrogen-bond donors (Lipinski definition) is 1. The molecular weight excluding hydrogens is 334 g/mol. The van der Waals surface area contributed by atoms with Crippen LogP contribution in [-0.4, -0.2) is 29.7 Å². The Morgan fingerprint density at radius 1 is 1.33 bits per heavy atom. The lowest BCUT2D eigenvalue weighted by Crippen LogP contribution is -2.60. The Balaban J connectivity index is 3.08. The Kier molecular flexibility index (Phi) is 5.47. The second-order valence-electron chi connectivity index (χ2n) is 3.84. The molecule has 9 heteroatoms. The molecule has 0 aliphatic heterocycles. The zero-order chi connectivity index (χ0) is 16.3. The van der Waals surface area contributed by atoms with E-state index in [2.05, 4.69) is 4.74 Å². The predicted octanol–water partition coefficient (Wildman–Crippen LogP) is 3.13. The smallest absolute Gasteiger partial charge is 0.437 e. The van der Waals surface area contributed by atoms with Crippen molar-refractivity contribution in [3.05, 3.63) is 34.9 Å². The van der Waals surface area contributed by atoms with Gasteiger partial charge in [-0.2, -0.15) is 13.2 Å². The van der Waals surface area contributed by atoms with Gasteiger partial charge in [-0.1, -0.05) is 29.3 Å². The van der Waals surface area contributed by atoms with Crippen LogP contribution in [0, 0.1) is 0 Å². The van der Waals surface area contributed by atoms with Gasteiger partial charge < -0.3 is 10.1 Å². The van der Waals surface area contributed by atoms with E-state index < -0.39 is 23.1 Å². The van der Waals surface area contributed by atoms with Gasteiger partial charge in [-0.05, 0) is 25.1 Å². The maximum Gasteiger partial charge on any atom is 0.437 e. The third-order valence-electron chi connectivity index (χ3n) is 2.32. The van der Waals surface area contributed by atoms with Gasteiger partial charge in [0, 0.05) is 10.6 Å². The number of nitrogens with one attached hydrogen (secondary N) is 1. The van der Waals surface area contributed by atoms with E-state index in [4.69, 9.17) is 23.2 Å². The number of ether oxygens (including phenoxy) is 1. The van der Waals surface area contributed by atoms with Gasteiger partial charge in [0.2, 0.25) is 0 Å². The van der Waals surface area contributed by atoms with Crippen LogP contribution < -0.4 is 5.32 Å². The van der Waals surface area contributed by atoms with Gasteiger partial charge in [-0.25, -0.2) is 4.79 Å². The summed E-state index contributed by atoms with van der Waals surface area (Å²) in [5, 5.41) is 1.57. The molecule has 1 N–H and O–H groups in total. The number of esters is 1. The molecule has 0 aliphatic rings. The van der Waals surface area contributed by atoms with Crippen molar-refractivity contribution in [2.24, 2.45) is 0 Å². The lowest BCUT2D eigenvalue weighted by atomic mass is 10.2. The minimum Gasteiger partial charge on any atom is -0.463 e. The van der Waals surface area contributed by atoms with E-state index in [1.54, 1.807) is 0 Å². The summed E-state index contributed by atoms with van der Waals surface area (Å²) in [6.07, 6.45) is -5.24. The van der Waals surface area contributed by atoms with E-state index >= 15 is 0 Å². The average Bonchev–Trinajstić information content (AvgIpc) is 2.37. The van der Waals surface area contributed by atoms with Crippen molar-refractivity contribution in [2.45, 2.75) is 18.1 Å². The zero-order valence-corrected chi connectivity index (χ0v) is 12.1. The summed E-state index contributed by atoms with van der Waals surface area (Å²) in [6.45, 7) is 0.987. The van der Waals surface area contributed by atoms with Crippen molar-refractivity contribution in [3.8, 4) is 0 Å². The second-order valence-corrected chi connectivity index (χ2v) is 4.84. The molecule has 0 heterocycles. The molecule has 4 nitrogen and oxygen atoms in total. The van der Waals surface area contributed by atoms with Gasteiger partial charge in [0.25, 0.3) is 5.91 Å². The summed E-state index contributed by atoms with van der Waals surface area (Å²) in [7, 11) is 0. The molecule has 0 fully saturated rings. The monoisotopic (exact) mass is 343 g/mol. The normalized spacial score (nSPS) is 14.2. The fraction of sp³-hybridized carbons (Fsp3) is 0.333. The van der Waals surface area contributed by atoms with Crippen molar-refractivity contribution < 1.29 is 27.5 Å². The second kappa shape index (κ2) is 6.53. The van der Waals surface area contributed by atoms with Gasteiger partial charge in [-0.15, -0.1) is 0 Å². The summed E-state index contributed by atoms with van der Waals surface area (Å²) in [5.74, 6) is -3.02. The van der Waals surface area contributed by atoms with Crippen LogP contribution in [0.5, 0.6) is 0 Å². The average molecular weight is 344 g/mol. The van der Waals surface area contributed by atoms with Crippen LogP contribution >= 0.6 is 23.2 Å². The lowest BCUT2D eigenvalue weighted by molar-refractivity contribution is -0.192. The molecule has 0 unspecified atom stereocenters. The van der Waals surface area contributed by atoms with Crippen molar-refractivity contribution in [2.75, 3.05) is 6.61 Å². The number of carbonyl (C=O) groups excluding carboxylic acids is 2. The molecule has 0 saturated heterocycles. The highest BCUT2D eigenvalue weighted by molar-refractivity contribution is 6.35. The molecule has 0 bridgehead atoms. The third kappa shape index (κ3) is 4.01. The minimum absolute atomic E-state index is 0.144. The number of benzene rings is 1. The number of hydrogen-bond acceptors (Lipinski definition) is 3. The molecule has 0 aromatic heterocycles. The topological polar surface area (TPSA) is 55.4 Å². The van der Waals surface area contributed by atoms with E-state index in [0.717, 1.165) is 6.07 Å². The molecular formula is C12H10Cl2F3NO3. The third-order valence-corrected chi connectivity index (χ3v) is 3.02. The van der Waals surface area contributed by atoms with E-state index in [0.29, 0.717) is 0 Å². The molecule has 116 valence electrons. The predicted molar refractivity (Wildman–Crippen MR) is 70.2 cm³/mol. The minimum atomic E-state index is -5.24. The van der Waals surface area contributed by atoms with Crippen LogP contribution in [0.1, 0.15) is 17.3 Å².